The minimum atomic E-state index is -0.198. The lowest BCUT2D eigenvalue weighted by molar-refractivity contribution is -0.116. The van der Waals surface area contributed by atoms with Gasteiger partial charge in [-0.3, -0.25) is 14.5 Å². The van der Waals surface area contributed by atoms with Crippen molar-refractivity contribution in [3.63, 3.8) is 0 Å². The van der Waals surface area contributed by atoms with Crippen LogP contribution in [0.15, 0.2) is 55.1 Å². The summed E-state index contributed by atoms with van der Waals surface area (Å²) in [6, 6.07) is 9.96. The Morgan fingerprint density at radius 2 is 1.92 bits per heavy atom. The summed E-state index contributed by atoms with van der Waals surface area (Å²) in [4.78, 5) is 17.8. The number of aromatic nitrogens is 6. The Hall–Kier alpha value is -3.55. The minimum Gasteiger partial charge on any atom is -0.306 e. The molecule has 1 amide bonds. The molecule has 8 nitrogen and oxygen atoms in total. The number of nitrogens with one attached hydrogen (secondary N) is 1. The molecule has 0 aliphatic carbocycles. The number of hydrogen-bond donors (Lipinski definition) is 1. The highest BCUT2D eigenvalue weighted by molar-refractivity contribution is 5.91. The first-order valence-electron chi connectivity index (χ1n) is 8.29. The highest BCUT2D eigenvalue weighted by atomic mass is 16.2. The molecule has 4 aromatic rings. The molecule has 0 unspecified atom stereocenters. The zero-order valence-corrected chi connectivity index (χ0v) is 14.2. The molecule has 0 aliphatic heterocycles. The first kappa shape index (κ1) is 15.9. The molecule has 1 aromatic carbocycles. The van der Waals surface area contributed by atoms with E-state index in [4.69, 9.17) is 0 Å². The van der Waals surface area contributed by atoms with E-state index in [-0.39, 0.29) is 12.5 Å². The molecule has 0 fully saturated rings. The second-order valence-corrected chi connectivity index (χ2v) is 5.78. The van der Waals surface area contributed by atoms with Crippen LogP contribution in [0, 0.1) is 0 Å². The zero-order valence-electron chi connectivity index (χ0n) is 14.2. The number of pyridine rings is 1. The summed E-state index contributed by atoms with van der Waals surface area (Å²) >= 11 is 0. The summed E-state index contributed by atoms with van der Waals surface area (Å²) in [6.45, 7) is 2.69. The second kappa shape index (κ2) is 6.75. The fourth-order valence-electron chi connectivity index (χ4n) is 2.76. The van der Waals surface area contributed by atoms with Gasteiger partial charge in [-0.2, -0.15) is 15.0 Å². The summed E-state index contributed by atoms with van der Waals surface area (Å²) in [5.74, 6) is 0.240. The molecule has 26 heavy (non-hydrogen) atoms. The second-order valence-electron chi connectivity index (χ2n) is 5.78. The molecule has 0 radical (unpaired) electrons. The Labute approximate surface area is 149 Å². The zero-order chi connectivity index (χ0) is 17.9. The predicted molar refractivity (Wildman–Crippen MR) is 97.3 cm³/mol. The fourth-order valence-corrected chi connectivity index (χ4v) is 2.76. The van der Waals surface area contributed by atoms with E-state index < -0.39 is 0 Å². The summed E-state index contributed by atoms with van der Waals surface area (Å²) < 4.78 is 1.67. The molecule has 4 rings (SSSR count). The van der Waals surface area contributed by atoms with Crippen LogP contribution in [0.4, 0.5) is 5.82 Å². The first-order chi connectivity index (χ1) is 12.7. The molecule has 130 valence electrons. The van der Waals surface area contributed by atoms with Crippen LogP contribution in [0.25, 0.3) is 22.0 Å². The lowest BCUT2D eigenvalue weighted by Gasteiger charge is -2.05. The maximum Gasteiger partial charge on any atom is 0.247 e. The molecule has 3 aromatic heterocycles. The topological polar surface area (TPSA) is 90.5 Å². The van der Waals surface area contributed by atoms with Crippen LogP contribution in [0.2, 0.25) is 0 Å². The average molecular weight is 347 g/mol. The summed E-state index contributed by atoms with van der Waals surface area (Å²) in [5, 5.41) is 16.2. The molecule has 0 saturated carbocycles. The van der Waals surface area contributed by atoms with Gasteiger partial charge >= 0.3 is 0 Å². The number of carbonyl (C=O) groups is 1. The molecule has 0 spiro atoms. The van der Waals surface area contributed by atoms with Gasteiger partial charge in [0, 0.05) is 17.8 Å². The van der Waals surface area contributed by atoms with Crippen molar-refractivity contribution in [3.05, 3.63) is 55.1 Å². The summed E-state index contributed by atoms with van der Waals surface area (Å²) in [6.07, 6.45) is 6.83. The van der Waals surface area contributed by atoms with Crippen molar-refractivity contribution in [2.24, 2.45) is 0 Å². The van der Waals surface area contributed by atoms with Crippen molar-refractivity contribution >= 4 is 22.6 Å². The van der Waals surface area contributed by atoms with Crippen molar-refractivity contribution in [1.82, 2.24) is 29.8 Å². The molecule has 1 N–H and O–H groups in total. The molecular weight excluding hydrogens is 330 g/mol. The lowest BCUT2D eigenvalue weighted by Crippen LogP contribution is -2.19. The van der Waals surface area contributed by atoms with E-state index in [1.54, 1.807) is 23.3 Å². The van der Waals surface area contributed by atoms with Gasteiger partial charge in [0.1, 0.15) is 6.54 Å². The van der Waals surface area contributed by atoms with Gasteiger partial charge in [-0.15, -0.1) is 5.10 Å². The highest BCUT2D eigenvalue weighted by Gasteiger charge is 2.10. The van der Waals surface area contributed by atoms with Crippen molar-refractivity contribution in [3.8, 4) is 11.1 Å². The number of carbonyl (C=O) groups excluding carboxylic acids is 1. The average Bonchev–Trinajstić information content (AvgIpc) is 3.29. The quantitative estimate of drug-likeness (QED) is 0.598. The molecular formula is C18H17N7O. The molecule has 0 atom stereocenters. The van der Waals surface area contributed by atoms with Gasteiger partial charge < -0.3 is 5.32 Å². The summed E-state index contributed by atoms with van der Waals surface area (Å²) in [7, 11) is 0. The normalized spacial score (nSPS) is 11.0. The lowest BCUT2D eigenvalue weighted by atomic mass is 10.1. The number of nitrogens with zero attached hydrogens (tertiary/aromatic N) is 6. The van der Waals surface area contributed by atoms with Crippen molar-refractivity contribution in [1.29, 1.82) is 0 Å². The van der Waals surface area contributed by atoms with Crippen molar-refractivity contribution in [2.75, 3.05) is 5.32 Å². The number of amides is 1. The van der Waals surface area contributed by atoms with Gasteiger partial charge in [0.2, 0.25) is 5.91 Å². The van der Waals surface area contributed by atoms with E-state index in [0.717, 1.165) is 22.0 Å². The Balaban J connectivity index is 1.53. The standard InChI is InChI=1S/C18H17N7O/c1-2-25-21-11-17(23-25)22-18(26)12-24-16-4-3-14(9-15(16)10-20-24)13-5-7-19-8-6-13/h3-11H,2,12H2,1H3,(H,22,23,26). The predicted octanol–water partition coefficient (Wildman–Crippen LogP) is 2.35. The van der Waals surface area contributed by atoms with Gasteiger partial charge in [-0.05, 0) is 42.3 Å². The van der Waals surface area contributed by atoms with E-state index in [9.17, 15) is 4.79 Å². The van der Waals surface area contributed by atoms with Crippen molar-refractivity contribution in [2.45, 2.75) is 20.0 Å². The maximum absolute atomic E-state index is 12.3. The largest absolute Gasteiger partial charge is 0.306 e. The molecule has 0 bridgehead atoms. The number of rotatable bonds is 5. The van der Waals surface area contributed by atoms with Gasteiger partial charge in [0.05, 0.1) is 24.5 Å². The van der Waals surface area contributed by atoms with E-state index in [1.807, 2.05) is 31.2 Å². The number of fused-ring (bicyclic) bond motifs is 1. The summed E-state index contributed by atoms with van der Waals surface area (Å²) in [5.41, 5.74) is 3.07. The molecule has 8 heteroatoms. The molecule has 3 heterocycles. The molecule has 0 aliphatic rings. The maximum atomic E-state index is 12.3. The van der Waals surface area contributed by atoms with Crippen LogP contribution in [0.5, 0.6) is 0 Å². The monoisotopic (exact) mass is 347 g/mol. The third kappa shape index (κ3) is 3.16. The van der Waals surface area contributed by atoms with Crippen LogP contribution in [0.3, 0.4) is 0 Å². The van der Waals surface area contributed by atoms with Gasteiger partial charge in [0.15, 0.2) is 5.82 Å². The Morgan fingerprint density at radius 3 is 2.69 bits per heavy atom. The Morgan fingerprint density at radius 1 is 1.08 bits per heavy atom. The van der Waals surface area contributed by atoms with Crippen molar-refractivity contribution < 1.29 is 4.79 Å². The van der Waals surface area contributed by atoms with Gasteiger partial charge in [-0.25, -0.2) is 0 Å². The Bertz CT molecular complexity index is 1050. The van der Waals surface area contributed by atoms with Crippen LogP contribution < -0.4 is 5.32 Å². The first-order valence-corrected chi connectivity index (χ1v) is 8.29. The van der Waals surface area contributed by atoms with Gasteiger partial charge in [-0.1, -0.05) is 6.07 Å². The van der Waals surface area contributed by atoms with Crippen LogP contribution in [0.1, 0.15) is 6.92 Å². The minimum absolute atomic E-state index is 0.108. The van der Waals surface area contributed by atoms with E-state index in [2.05, 4.69) is 31.7 Å². The number of anilines is 1. The van der Waals surface area contributed by atoms with Crippen LogP contribution >= 0.6 is 0 Å². The molecule has 0 saturated heterocycles. The number of hydrogen-bond acceptors (Lipinski definition) is 5. The Kier molecular flexibility index (Phi) is 4.14. The number of benzene rings is 1. The van der Waals surface area contributed by atoms with Crippen LogP contribution in [-0.4, -0.2) is 35.7 Å². The third-order valence-corrected chi connectivity index (χ3v) is 4.04. The third-order valence-electron chi connectivity index (χ3n) is 4.04. The van der Waals surface area contributed by atoms with E-state index >= 15 is 0 Å². The van der Waals surface area contributed by atoms with Crippen LogP contribution in [-0.2, 0) is 17.9 Å². The van der Waals surface area contributed by atoms with E-state index in [1.165, 1.54) is 11.0 Å². The SMILES string of the molecule is CCn1ncc(NC(=O)Cn2ncc3cc(-c4ccncc4)ccc32)n1. The fraction of sp³-hybridized carbons (Fsp3) is 0.167. The smallest absolute Gasteiger partial charge is 0.247 e. The van der Waals surface area contributed by atoms with Gasteiger partial charge in [0.25, 0.3) is 0 Å². The van der Waals surface area contributed by atoms with E-state index in [0.29, 0.717) is 12.4 Å². The highest BCUT2D eigenvalue weighted by Crippen LogP contribution is 2.23. The number of aryl methyl sites for hydroxylation is 1.